The van der Waals surface area contributed by atoms with Crippen molar-refractivity contribution in [3.8, 4) is 0 Å². The highest BCUT2D eigenvalue weighted by atomic mass is 19.1. The van der Waals surface area contributed by atoms with E-state index in [-0.39, 0.29) is 30.6 Å². The van der Waals surface area contributed by atoms with E-state index in [1.54, 1.807) is 18.2 Å². The van der Waals surface area contributed by atoms with Gasteiger partial charge < -0.3 is 5.32 Å². The third-order valence-corrected chi connectivity index (χ3v) is 4.27. The van der Waals surface area contributed by atoms with Crippen LogP contribution >= 0.6 is 0 Å². The number of nitrogens with one attached hydrogen (secondary N) is 1. The molecule has 1 unspecified atom stereocenters. The number of hydrogen-bond donors (Lipinski definition) is 1. The first-order chi connectivity index (χ1) is 12.1. The second-order valence-corrected chi connectivity index (χ2v) is 5.93. The number of carbonyl (C=O) groups excluding carboxylic acids is 2. The molecule has 0 bridgehead atoms. The number of carbonyl (C=O) groups is 2. The third-order valence-electron chi connectivity index (χ3n) is 4.27. The van der Waals surface area contributed by atoms with E-state index in [1.165, 1.54) is 35.2 Å². The molecule has 3 rings (SSSR count). The molecule has 1 fully saturated rings. The molecule has 2 aromatic carbocycles. The molecule has 1 atom stereocenters. The Labute approximate surface area is 144 Å². The van der Waals surface area contributed by atoms with Gasteiger partial charge in [-0.05, 0) is 48.7 Å². The van der Waals surface area contributed by atoms with Gasteiger partial charge in [0.25, 0.3) is 0 Å². The zero-order chi connectivity index (χ0) is 17.8. The molecule has 130 valence electrons. The van der Waals surface area contributed by atoms with Crippen LogP contribution < -0.4 is 10.2 Å². The predicted molar refractivity (Wildman–Crippen MR) is 90.0 cm³/mol. The average Bonchev–Trinajstić information content (AvgIpc) is 2.99. The van der Waals surface area contributed by atoms with Crippen molar-refractivity contribution in [3.63, 3.8) is 0 Å². The molecule has 1 heterocycles. The van der Waals surface area contributed by atoms with Gasteiger partial charge in [0.15, 0.2) is 0 Å². The Bertz CT molecular complexity index is 777. The molecule has 0 radical (unpaired) electrons. The van der Waals surface area contributed by atoms with Crippen LogP contribution in [-0.2, 0) is 16.0 Å². The van der Waals surface area contributed by atoms with E-state index in [4.69, 9.17) is 0 Å². The van der Waals surface area contributed by atoms with Crippen LogP contribution in [0.3, 0.4) is 0 Å². The molecular weight excluding hydrogens is 326 g/mol. The van der Waals surface area contributed by atoms with Crippen molar-refractivity contribution in [2.45, 2.75) is 25.3 Å². The highest BCUT2D eigenvalue weighted by Crippen LogP contribution is 2.27. The van der Waals surface area contributed by atoms with Gasteiger partial charge in [0.05, 0.1) is 0 Å². The lowest BCUT2D eigenvalue weighted by molar-refractivity contribution is -0.123. The second kappa shape index (κ2) is 7.42. The van der Waals surface area contributed by atoms with Gasteiger partial charge in [-0.3, -0.25) is 14.5 Å². The van der Waals surface area contributed by atoms with Crippen LogP contribution in [-0.4, -0.2) is 24.4 Å². The summed E-state index contributed by atoms with van der Waals surface area (Å²) in [5, 5.41) is 2.76. The first kappa shape index (κ1) is 17.1. The summed E-state index contributed by atoms with van der Waals surface area (Å²) in [7, 11) is 0. The molecule has 6 heteroatoms. The molecule has 0 spiro atoms. The molecule has 2 aromatic rings. The van der Waals surface area contributed by atoms with Crippen LogP contribution in [0.5, 0.6) is 0 Å². The zero-order valence-corrected chi connectivity index (χ0v) is 13.5. The van der Waals surface area contributed by atoms with Gasteiger partial charge in [-0.2, -0.15) is 0 Å². The van der Waals surface area contributed by atoms with Crippen molar-refractivity contribution in [3.05, 3.63) is 65.7 Å². The number of halogens is 2. The molecule has 1 N–H and O–H groups in total. The molecule has 0 aliphatic carbocycles. The summed E-state index contributed by atoms with van der Waals surface area (Å²) < 4.78 is 26.7. The Kier molecular flexibility index (Phi) is 5.07. The van der Waals surface area contributed by atoms with Crippen molar-refractivity contribution in [2.75, 3.05) is 11.4 Å². The summed E-state index contributed by atoms with van der Waals surface area (Å²) in [6.07, 6.45) is 1.04. The first-order valence-corrected chi connectivity index (χ1v) is 8.15. The zero-order valence-electron chi connectivity index (χ0n) is 13.5. The van der Waals surface area contributed by atoms with Crippen molar-refractivity contribution < 1.29 is 18.4 Å². The molecule has 1 aliphatic rings. The van der Waals surface area contributed by atoms with Crippen LogP contribution in [0.2, 0.25) is 0 Å². The van der Waals surface area contributed by atoms with Gasteiger partial charge >= 0.3 is 0 Å². The Hall–Kier alpha value is -2.76. The topological polar surface area (TPSA) is 49.4 Å². The van der Waals surface area contributed by atoms with Gasteiger partial charge in [0.1, 0.15) is 17.7 Å². The van der Waals surface area contributed by atoms with Crippen LogP contribution in [0.15, 0.2) is 48.5 Å². The summed E-state index contributed by atoms with van der Waals surface area (Å²) in [6, 6.07) is 11.3. The van der Waals surface area contributed by atoms with Gasteiger partial charge in [-0.25, -0.2) is 8.78 Å². The maximum Gasteiger partial charge on any atom is 0.243 e. The molecule has 0 aromatic heterocycles. The van der Waals surface area contributed by atoms with Gasteiger partial charge in [-0.1, -0.05) is 18.2 Å². The van der Waals surface area contributed by atoms with E-state index in [9.17, 15) is 18.4 Å². The van der Waals surface area contributed by atoms with E-state index in [0.717, 1.165) is 0 Å². The number of rotatable bonds is 5. The number of anilines is 1. The maximum absolute atomic E-state index is 13.6. The molecule has 4 nitrogen and oxygen atoms in total. The Morgan fingerprint density at radius 1 is 1.12 bits per heavy atom. The minimum absolute atomic E-state index is 0.166. The van der Waals surface area contributed by atoms with Crippen molar-refractivity contribution in [1.82, 2.24) is 5.32 Å². The number of amides is 2. The number of nitrogens with zero attached hydrogens (tertiary/aromatic N) is 1. The fourth-order valence-corrected chi connectivity index (χ4v) is 3.00. The van der Waals surface area contributed by atoms with E-state index in [2.05, 4.69) is 5.32 Å². The summed E-state index contributed by atoms with van der Waals surface area (Å²) in [5.74, 6) is -1.16. The van der Waals surface area contributed by atoms with E-state index >= 15 is 0 Å². The summed E-state index contributed by atoms with van der Waals surface area (Å²) in [4.78, 5) is 26.0. The lowest BCUT2D eigenvalue weighted by Gasteiger charge is -2.24. The van der Waals surface area contributed by atoms with Crippen LogP contribution in [0.25, 0.3) is 0 Å². The van der Waals surface area contributed by atoms with Gasteiger partial charge in [-0.15, -0.1) is 0 Å². The largest absolute Gasteiger partial charge is 0.354 e. The van der Waals surface area contributed by atoms with E-state index in [0.29, 0.717) is 24.1 Å². The lowest BCUT2D eigenvalue weighted by atomic mass is 10.1. The fraction of sp³-hybridized carbons (Fsp3) is 0.263. The Morgan fingerprint density at radius 3 is 2.56 bits per heavy atom. The molecule has 2 amide bonds. The molecular formula is C19H18F2N2O2. The monoisotopic (exact) mass is 344 g/mol. The van der Waals surface area contributed by atoms with Crippen molar-refractivity contribution >= 4 is 17.5 Å². The standard InChI is InChI=1S/C19H18F2N2O2/c20-14-5-7-15(8-6-14)23-17(9-10-18(23)24)19(25)22-12-11-13-3-1-2-4-16(13)21/h1-8,17H,9-12H2,(H,22,25). The smallest absolute Gasteiger partial charge is 0.243 e. The number of hydrogen-bond acceptors (Lipinski definition) is 2. The quantitative estimate of drug-likeness (QED) is 0.907. The summed E-state index contributed by atoms with van der Waals surface area (Å²) in [6.45, 7) is 0.279. The normalized spacial score (nSPS) is 17.0. The molecule has 1 saturated heterocycles. The summed E-state index contributed by atoms with van der Waals surface area (Å²) in [5.41, 5.74) is 1.03. The third kappa shape index (κ3) is 3.84. The minimum Gasteiger partial charge on any atom is -0.354 e. The second-order valence-electron chi connectivity index (χ2n) is 5.93. The maximum atomic E-state index is 13.6. The average molecular weight is 344 g/mol. The lowest BCUT2D eigenvalue weighted by Crippen LogP contribution is -2.45. The van der Waals surface area contributed by atoms with Gasteiger partial charge in [0.2, 0.25) is 11.8 Å². The van der Waals surface area contributed by atoms with E-state index in [1.807, 2.05) is 0 Å². The number of benzene rings is 2. The Morgan fingerprint density at radius 2 is 1.84 bits per heavy atom. The van der Waals surface area contributed by atoms with Crippen LogP contribution in [0, 0.1) is 11.6 Å². The van der Waals surface area contributed by atoms with Crippen LogP contribution in [0.4, 0.5) is 14.5 Å². The minimum atomic E-state index is -0.626. The molecule has 1 aliphatic heterocycles. The highest BCUT2D eigenvalue weighted by molar-refractivity contribution is 6.03. The fourth-order valence-electron chi connectivity index (χ4n) is 3.00. The van der Waals surface area contributed by atoms with E-state index < -0.39 is 11.9 Å². The SMILES string of the molecule is O=C(NCCc1ccccc1F)C1CCC(=O)N1c1ccc(F)cc1. The first-order valence-electron chi connectivity index (χ1n) is 8.15. The predicted octanol–water partition coefficient (Wildman–Crippen LogP) is 2.82. The molecule has 25 heavy (non-hydrogen) atoms. The molecule has 0 saturated carbocycles. The van der Waals surface area contributed by atoms with Crippen LogP contribution in [0.1, 0.15) is 18.4 Å². The van der Waals surface area contributed by atoms with Crippen molar-refractivity contribution in [2.24, 2.45) is 0 Å². The van der Waals surface area contributed by atoms with Crippen molar-refractivity contribution in [1.29, 1.82) is 0 Å². The van der Waals surface area contributed by atoms with Gasteiger partial charge in [0, 0.05) is 18.7 Å². The Balaban J connectivity index is 1.63. The summed E-state index contributed by atoms with van der Waals surface area (Å²) >= 11 is 0. The highest BCUT2D eigenvalue weighted by Gasteiger charge is 2.36.